The molecule has 0 saturated carbocycles. The molecule has 5 aromatic rings. The fraction of sp³-hybridized carbons (Fsp3) is 0.0800. The maximum atomic E-state index is 6.31. The van der Waals surface area contributed by atoms with Gasteiger partial charge in [-0.1, -0.05) is 60.7 Å². The van der Waals surface area contributed by atoms with Gasteiger partial charge in [0.05, 0.1) is 5.56 Å². The van der Waals surface area contributed by atoms with Crippen molar-refractivity contribution in [1.29, 1.82) is 0 Å². The van der Waals surface area contributed by atoms with Crippen molar-refractivity contribution in [2.24, 2.45) is 7.05 Å². The summed E-state index contributed by atoms with van der Waals surface area (Å²) in [4.78, 5) is 0. The minimum atomic E-state index is 0.932. The molecule has 0 atom stereocenters. The van der Waals surface area contributed by atoms with Crippen molar-refractivity contribution < 1.29 is 8.98 Å². The monoisotopic (exact) mass is 350 g/mol. The van der Waals surface area contributed by atoms with Crippen LogP contribution in [0.3, 0.4) is 0 Å². The third kappa shape index (κ3) is 2.53. The molecule has 0 N–H and O–H groups in total. The van der Waals surface area contributed by atoms with Crippen LogP contribution < -0.4 is 4.57 Å². The SMILES string of the molecule is Cc1ccc2c(oc3ccccc32)c1-c1cc(-c2ccccc2)cc[n+]1C. The van der Waals surface area contributed by atoms with E-state index in [1.165, 1.54) is 16.7 Å². The van der Waals surface area contributed by atoms with Crippen molar-refractivity contribution in [2.75, 3.05) is 0 Å². The molecule has 2 aromatic heterocycles. The zero-order valence-electron chi connectivity index (χ0n) is 15.4. The Hall–Kier alpha value is -3.39. The number of fused-ring (bicyclic) bond motifs is 3. The van der Waals surface area contributed by atoms with E-state index >= 15 is 0 Å². The second-order valence-electron chi connectivity index (χ2n) is 7.01. The van der Waals surface area contributed by atoms with E-state index in [0.717, 1.165) is 33.2 Å². The highest BCUT2D eigenvalue weighted by Gasteiger charge is 2.21. The average Bonchev–Trinajstić information content (AvgIpc) is 3.08. The maximum absolute atomic E-state index is 6.31. The summed E-state index contributed by atoms with van der Waals surface area (Å²) in [6, 6.07) is 27.5. The van der Waals surface area contributed by atoms with E-state index in [1.807, 2.05) is 18.2 Å². The molecule has 0 aliphatic heterocycles. The van der Waals surface area contributed by atoms with Crippen LogP contribution in [0.4, 0.5) is 0 Å². The Kier molecular flexibility index (Phi) is 3.58. The molecule has 0 saturated heterocycles. The molecule has 2 heteroatoms. The molecule has 0 unspecified atom stereocenters. The Morgan fingerprint density at radius 1 is 0.741 bits per heavy atom. The molecular formula is C25H20NO+. The van der Waals surface area contributed by atoms with Gasteiger partial charge in [-0.25, -0.2) is 4.57 Å². The van der Waals surface area contributed by atoms with Crippen molar-refractivity contribution >= 4 is 21.9 Å². The lowest BCUT2D eigenvalue weighted by molar-refractivity contribution is -0.660. The normalized spacial score (nSPS) is 11.3. The maximum Gasteiger partial charge on any atom is 0.216 e. The van der Waals surface area contributed by atoms with Crippen LogP contribution in [0.5, 0.6) is 0 Å². The predicted octanol–water partition coefficient (Wildman–Crippen LogP) is 6.05. The number of pyridine rings is 1. The topological polar surface area (TPSA) is 17.0 Å². The summed E-state index contributed by atoms with van der Waals surface area (Å²) in [7, 11) is 2.09. The number of benzene rings is 3. The molecule has 5 rings (SSSR count). The number of rotatable bonds is 2. The lowest BCUT2D eigenvalue weighted by atomic mass is 9.98. The number of aromatic nitrogens is 1. The van der Waals surface area contributed by atoms with Gasteiger partial charge in [-0.15, -0.1) is 0 Å². The molecule has 2 heterocycles. The highest BCUT2D eigenvalue weighted by atomic mass is 16.3. The molecule has 3 aromatic carbocycles. The quantitative estimate of drug-likeness (QED) is 0.354. The minimum absolute atomic E-state index is 0.932. The van der Waals surface area contributed by atoms with Gasteiger partial charge < -0.3 is 4.42 Å². The highest BCUT2D eigenvalue weighted by Crippen LogP contribution is 2.37. The number of furan rings is 1. The van der Waals surface area contributed by atoms with E-state index in [0.29, 0.717) is 0 Å². The van der Waals surface area contributed by atoms with Crippen molar-refractivity contribution in [3.05, 3.63) is 90.6 Å². The summed E-state index contributed by atoms with van der Waals surface area (Å²) >= 11 is 0. The summed E-state index contributed by atoms with van der Waals surface area (Å²) in [5, 5.41) is 2.33. The Bertz CT molecular complexity index is 1280. The molecule has 0 aliphatic rings. The van der Waals surface area contributed by atoms with Gasteiger partial charge in [0.15, 0.2) is 6.20 Å². The average molecular weight is 350 g/mol. The first-order chi connectivity index (χ1) is 13.2. The zero-order chi connectivity index (χ0) is 18.4. The van der Waals surface area contributed by atoms with Crippen LogP contribution in [0.2, 0.25) is 0 Å². The summed E-state index contributed by atoms with van der Waals surface area (Å²) in [5.74, 6) is 0. The molecular weight excluding hydrogens is 330 g/mol. The highest BCUT2D eigenvalue weighted by molar-refractivity contribution is 6.09. The van der Waals surface area contributed by atoms with Crippen molar-refractivity contribution in [2.45, 2.75) is 6.92 Å². The van der Waals surface area contributed by atoms with Crippen molar-refractivity contribution in [3.63, 3.8) is 0 Å². The van der Waals surface area contributed by atoms with E-state index in [-0.39, 0.29) is 0 Å². The molecule has 0 fully saturated rings. The van der Waals surface area contributed by atoms with E-state index in [2.05, 4.69) is 85.4 Å². The first kappa shape index (κ1) is 15.8. The molecule has 0 bridgehead atoms. The van der Waals surface area contributed by atoms with Crippen LogP contribution >= 0.6 is 0 Å². The number of hydrogen-bond donors (Lipinski definition) is 0. The molecule has 130 valence electrons. The molecule has 27 heavy (non-hydrogen) atoms. The fourth-order valence-corrected chi connectivity index (χ4v) is 3.83. The lowest BCUT2D eigenvalue weighted by Gasteiger charge is -2.08. The Morgan fingerprint density at radius 2 is 1.52 bits per heavy atom. The molecule has 0 radical (unpaired) electrons. The Morgan fingerprint density at radius 3 is 2.37 bits per heavy atom. The summed E-state index contributed by atoms with van der Waals surface area (Å²) < 4.78 is 8.47. The standard InChI is InChI=1S/C25H20NO/c1-17-12-13-21-20-10-6-7-11-23(20)27-25(21)24(17)22-16-19(14-15-26(22)2)18-8-4-3-5-9-18/h3-16H,1-2H3/q+1. The summed E-state index contributed by atoms with van der Waals surface area (Å²) in [6.45, 7) is 2.15. The first-order valence-electron chi connectivity index (χ1n) is 9.19. The predicted molar refractivity (Wildman–Crippen MR) is 111 cm³/mol. The van der Waals surface area contributed by atoms with E-state index in [4.69, 9.17) is 4.42 Å². The van der Waals surface area contributed by atoms with Crippen molar-refractivity contribution in [1.82, 2.24) is 0 Å². The van der Waals surface area contributed by atoms with E-state index in [9.17, 15) is 0 Å². The number of aryl methyl sites for hydroxylation is 2. The number of hydrogen-bond acceptors (Lipinski definition) is 1. The van der Waals surface area contributed by atoms with Crippen LogP contribution in [0.25, 0.3) is 44.3 Å². The second kappa shape index (κ2) is 6.10. The van der Waals surface area contributed by atoms with Gasteiger partial charge in [0.1, 0.15) is 18.2 Å². The van der Waals surface area contributed by atoms with Gasteiger partial charge in [-0.2, -0.15) is 0 Å². The van der Waals surface area contributed by atoms with E-state index < -0.39 is 0 Å². The first-order valence-corrected chi connectivity index (χ1v) is 9.19. The smallest absolute Gasteiger partial charge is 0.216 e. The molecule has 0 amide bonds. The molecule has 0 spiro atoms. The third-order valence-electron chi connectivity index (χ3n) is 5.27. The Labute approximate surface area is 158 Å². The van der Waals surface area contributed by atoms with Crippen LogP contribution in [-0.4, -0.2) is 0 Å². The largest absolute Gasteiger partial charge is 0.455 e. The summed E-state index contributed by atoms with van der Waals surface area (Å²) in [5.41, 5.74) is 7.83. The number of para-hydroxylation sites is 1. The fourth-order valence-electron chi connectivity index (χ4n) is 3.83. The van der Waals surface area contributed by atoms with Crippen molar-refractivity contribution in [3.8, 4) is 22.4 Å². The van der Waals surface area contributed by atoms with E-state index in [1.54, 1.807) is 0 Å². The molecule has 0 aliphatic carbocycles. The third-order valence-corrected chi connectivity index (χ3v) is 5.27. The van der Waals surface area contributed by atoms with Crippen LogP contribution in [0, 0.1) is 6.92 Å². The second-order valence-corrected chi connectivity index (χ2v) is 7.01. The van der Waals surface area contributed by atoms with Gasteiger partial charge in [-0.05, 0) is 29.7 Å². The van der Waals surface area contributed by atoms with Crippen LogP contribution in [-0.2, 0) is 7.05 Å². The Balaban J connectivity index is 1.82. The lowest BCUT2D eigenvalue weighted by Crippen LogP contribution is -2.30. The van der Waals surface area contributed by atoms with Gasteiger partial charge in [0.25, 0.3) is 0 Å². The van der Waals surface area contributed by atoms with Gasteiger partial charge in [-0.3, -0.25) is 0 Å². The zero-order valence-corrected chi connectivity index (χ0v) is 15.4. The minimum Gasteiger partial charge on any atom is -0.455 e. The van der Waals surface area contributed by atoms with Gasteiger partial charge in [0, 0.05) is 22.9 Å². The van der Waals surface area contributed by atoms with Gasteiger partial charge in [0.2, 0.25) is 5.69 Å². The van der Waals surface area contributed by atoms with Crippen LogP contribution in [0.1, 0.15) is 5.56 Å². The van der Waals surface area contributed by atoms with Crippen LogP contribution in [0.15, 0.2) is 89.5 Å². The number of nitrogens with zero attached hydrogens (tertiary/aromatic N) is 1. The van der Waals surface area contributed by atoms with Gasteiger partial charge >= 0.3 is 0 Å². The summed E-state index contributed by atoms with van der Waals surface area (Å²) in [6.07, 6.45) is 2.12. The molecule has 2 nitrogen and oxygen atoms in total.